The molecule has 0 aliphatic carbocycles. The SMILES string of the molecule is C/C=C\C(=O)OC(C)C(=O)OCCOCCCC. The highest BCUT2D eigenvalue weighted by atomic mass is 16.6. The minimum absolute atomic E-state index is 0.175. The van der Waals surface area contributed by atoms with Crippen LogP contribution in [0.15, 0.2) is 12.2 Å². The van der Waals surface area contributed by atoms with Crippen LogP contribution in [0.4, 0.5) is 0 Å². The summed E-state index contributed by atoms with van der Waals surface area (Å²) in [6.07, 6.45) is 3.95. The molecule has 0 bridgehead atoms. The molecule has 0 aliphatic rings. The smallest absolute Gasteiger partial charge is 0.347 e. The Morgan fingerprint density at radius 3 is 2.56 bits per heavy atom. The Kier molecular flexibility index (Phi) is 9.96. The van der Waals surface area contributed by atoms with Crippen LogP contribution in [-0.2, 0) is 23.8 Å². The van der Waals surface area contributed by atoms with E-state index in [1.807, 2.05) is 0 Å². The number of unbranched alkanes of at least 4 members (excludes halogenated alkanes) is 1. The topological polar surface area (TPSA) is 61.8 Å². The van der Waals surface area contributed by atoms with E-state index in [2.05, 4.69) is 6.92 Å². The minimum Gasteiger partial charge on any atom is -0.461 e. The molecule has 0 aliphatic heterocycles. The van der Waals surface area contributed by atoms with Crippen LogP contribution in [-0.4, -0.2) is 37.9 Å². The quantitative estimate of drug-likeness (QED) is 0.359. The molecule has 0 rings (SSSR count). The fourth-order valence-electron chi connectivity index (χ4n) is 1.06. The zero-order chi connectivity index (χ0) is 13.8. The zero-order valence-electron chi connectivity index (χ0n) is 11.3. The molecule has 0 aromatic carbocycles. The lowest BCUT2D eigenvalue weighted by Crippen LogP contribution is -2.26. The number of carbonyl (C=O) groups is 2. The van der Waals surface area contributed by atoms with Crippen molar-refractivity contribution in [1.29, 1.82) is 0 Å². The molecule has 0 saturated carbocycles. The molecule has 0 fully saturated rings. The molecule has 0 amide bonds. The van der Waals surface area contributed by atoms with Crippen LogP contribution in [0.2, 0.25) is 0 Å². The fraction of sp³-hybridized carbons (Fsp3) is 0.692. The summed E-state index contributed by atoms with van der Waals surface area (Å²) in [5.41, 5.74) is 0. The number of hydrogen-bond donors (Lipinski definition) is 0. The molecule has 0 N–H and O–H groups in total. The predicted molar refractivity (Wildman–Crippen MR) is 67.1 cm³/mol. The molecule has 18 heavy (non-hydrogen) atoms. The van der Waals surface area contributed by atoms with Gasteiger partial charge in [0.15, 0.2) is 6.10 Å². The van der Waals surface area contributed by atoms with Crippen molar-refractivity contribution in [3.63, 3.8) is 0 Å². The van der Waals surface area contributed by atoms with Crippen molar-refractivity contribution in [3.8, 4) is 0 Å². The molecule has 5 nitrogen and oxygen atoms in total. The van der Waals surface area contributed by atoms with Gasteiger partial charge < -0.3 is 14.2 Å². The van der Waals surface area contributed by atoms with Gasteiger partial charge in [0.25, 0.3) is 0 Å². The third kappa shape index (κ3) is 8.75. The van der Waals surface area contributed by atoms with Gasteiger partial charge in [0.2, 0.25) is 0 Å². The Balaban J connectivity index is 3.65. The van der Waals surface area contributed by atoms with Crippen LogP contribution < -0.4 is 0 Å². The van der Waals surface area contributed by atoms with Crippen molar-refractivity contribution in [2.45, 2.75) is 39.7 Å². The molecule has 1 unspecified atom stereocenters. The van der Waals surface area contributed by atoms with Crippen LogP contribution in [0.1, 0.15) is 33.6 Å². The summed E-state index contributed by atoms with van der Waals surface area (Å²) in [5.74, 6) is -1.12. The normalized spacial score (nSPS) is 12.4. The van der Waals surface area contributed by atoms with Crippen molar-refractivity contribution >= 4 is 11.9 Å². The van der Waals surface area contributed by atoms with Gasteiger partial charge >= 0.3 is 11.9 Å². The van der Waals surface area contributed by atoms with Gasteiger partial charge in [-0.15, -0.1) is 0 Å². The van der Waals surface area contributed by atoms with Crippen molar-refractivity contribution in [3.05, 3.63) is 12.2 Å². The van der Waals surface area contributed by atoms with Crippen LogP contribution >= 0.6 is 0 Å². The predicted octanol–water partition coefficient (Wildman–Crippen LogP) is 1.85. The number of rotatable bonds is 9. The van der Waals surface area contributed by atoms with Crippen molar-refractivity contribution in [1.82, 2.24) is 0 Å². The Bertz CT molecular complexity index is 273. The highest BCUT2D eigenvalue weighted by molar-refractivity contribution is 5.85. The number of esters is 2. The van der Waals surface area contributed by atoms with E-state index in [-0.39, 0.29) is 6.61 Å². The number of allylic oxidation sites excluding steroid dienone is 1. The largest absolute Gasteiger partial charge is 0.461 e. The average Bonchev–Trinajstić information content (AvgIpc) is 2.33. The Morgan fingerprint density at radius 2 is 1.94 bits per heavy atom. The fourth-order valence-corrected chi connectivity index (χ4v) is 1.06. The third-order valence-electron chi connectivity index (χ3n) is 2.04. The molecular weight excluding hydrogens is 236 g/mol. The summed E-state index contributed by atoms with van der Waals surface area (Å²) in [6.45, 7) is 6.44. The van der Waals surface area contributed by atoms with Gasteiger partial charge in [-0.25, -0.2) is 9.59 Å². The van der Waals surface area contributed by atoms with Gasteiger partial charge in [-0.05, 0) is 20.3 Å². The lowest BCUT2D eigenvalue weighted by molar-refractivity contribution is -0.164. The van der Waals surface area contributed by atoms with Crippen LogP contribution in [0.5, 0.6) is 0 Å². The van der Waals surface area contributed by atoms with Gasteiger partial charge in [0.1, 0.15) is 6.61 Å². The van der Waals surface area contributed by atoms with Gasteiger partial charge in [-0.1, -0.05) is 19.4 Å². The summed E-state index contributed by atoms with van der Waals surface area (Å²) in [6, 6.07) is 0. The second kappa shape index (κ2) is 10.8. The Morgan fingerprint density at radius 1 is 1.22 bits per heavy atom. The summed E-state index contributed by atoms with van der Waals surface area (Å²) < 4.78 is 14.9. The molecular formula is C13H22O5. The molecule has 1 atom stereocenters. The molecule has 0 heterocycles. The third-order valence-corrected chi connectivity index (χ3v) is 2.04. The first-order chi connectivity index (χ1) is 8.61. The van der Waals surface area contributed by atoms with Gasteiger partial charge in [-0.2, -0.15) is 0 Å². The van der Waals surface area contributed by atoms with E-state index in [0.29, 0.717) is 13.2 Å². The summed E-state index contributed by atoms with van der Waals surface area (Å²) >= 11 is 0. The van der Waals surface area contributed by atoms with Crippen LogP contribution in [0.3, 0.4) is 0 Å². The maximum absolute atomic E-state index is 11.4. The molecule has 104 valence electrons. The molecule has 5 heteroatoms. The number of carbonyl (C=O) groups excluding carboxylic acids is 2. The lowest BCUT2D eigenvalue weighted by Gasteiger charge is -2.11. The number of hydrogen-bond acceptors (Lipinski definition) is 5. The van der Waals surface area contributed by atoms with E-state index >= 15 is 0 Å². The van der Waals surface area contributed by atoms with E-state index in [1.165, 1.54) is 13.0 Å². The lowest BCUT2D eigenvalue weighted by atomic mass is 10.4. The first-order valence-electron chi connectivity index (χ1n) is 6.19. The molecule has 0 spiro atoms. The van der Waals surface area contributed by atoms with Crippen LogP contribution in [0.25, 0.3) is 0 Å². The Hall–Kier alpha value is -1.36. The van der Waals surface area contributed by atoms with E-state index in [4.69, 9.17) is 14.2 Å². The van der Waals surface area contributed by atoms with Crippen molar-refractivity contribution in [2.24, 2.45) is 0 Å². The Labute approximate surface area is 108 Å². The van der Waals surface area contributed by atoms with E-state index < -0.39 is 18.0 Å². The first-order valence-corrected chi connectivity index (χ1v) is 6.19. The summed E-state index contributed by atoms with van der Waals surface area (Å²) in [4.78, 5) is 22.5. The molecule has 0 saturated heterocycles. The monoisotopic (exact) mass is 258 g/mol. The van der Waals surface area contributed by atoms with Gasteiger partial charge in [0.05, 0.1) is 6.61 Å². The second-order valence-corrected chi connectivity index (χ2v) is 3.71. The zero-order valence-corrected chi connectivity index (χ0v) is 11.3. The average molecular weight is 258 g/mol. The van der Waals surface area contributed by atoms with E-state index in [1.54, 1.807) is 13.0 Å². The van der Waals surface area contributed by atoms with Gasteiger partial charge in [0, 0.05) is 12.7 Å². The molecule has 0 radical (unpaired) electrons. The van der Waals surface area contributed by atoms with E-state index in [9.17, 15) is 9.59 Å². The standard InChI is InChI=1S/C13H22O5/c1-4-6-8-16-9-10-17-13(15)11(3)18-12(14)7-5-2/h5,7,11H,4,6,8-10H2,1-3H3/b7-5-. The second-order valence-electron chi connectivity index (χ2n) is 3.71. The highest BCUT2D eigenvalue weighted by Gasteiger charge is 2.17. The summed E-state index contributed by atoms with van der Waals surface area (Å²) in [5, 5.41) is 0. The van der Waals surface area contributed by atoms with Crippen LogP contribution in [0, 0.1) is 0 Å². The summed E-state index contributed by atoms with van der Waals surface area (Å²) in [7, 11) is 0. The first kappa shape index (κ1) is 16.6. The molecule has 0 aromatic heterocycles. The maximum atomic E-state index is 11.4. The highest BCUT2D eigenvalue weighted by Crippen LogP contribution is 1.97. The number of ether oxygens (including phenoxy) is 3. The molecule has 0 aromatic rings. The maximum Gasteiger partial charge on any atom is 0.347 e. The van der Waals surface area contributed by atoms with E-state index in [0.717, 1.165) is 12.8 Å². The van der Waals surface area contributed by atoms with Gasteiger partial charge in [-0.3, -0.25) is 0 Å². The van der Waals surface area contributed by atoms with Crippen molar-refractivity contribution in [2.75, 3.05) is 19.8 Å². The van der Waals surface area contributed by atoms with Crippen molar-refractivity contribution < 1.29 is 23.8 Å². The minimum atomic E-state index is -0.899.